The van der Waals surface area contributed by atoms with E-state index < -0.39 is 0 Å². The highest BCUT2D eigenvalue weighted by Gasteiger charge is 2.16. The first-order chi connectivity index (χ1) is 12.4. The van der Waals surface area contributed by atoms with Crippen LogP contribution in [0.25, 0.3) is 33.2 Å². The standard InChI is InChI=1S/C24H21N/c1-2-11-22-20-16-9-10-17-21(20)23(18-12-5-3-6-13-18)24(25-22)19-14-7-4-8-15-19/h3-10,12-17H,2,11H2,1H3. The Kier molecular flexibility index (Phi) is 4.30. The maximum atomic E-state index is 5.14. The third-order valence-corrected chi connectivity index (χ3v) is 4.59. The zero-order valence-electron chi connectivity index (χ0n) is 14.4. The minimum atomic E-state index is 0.995. The van der Waals surface area contributed by atoms with Gasteiger partial charge in [-0.3, -0.25) is 4.98 Å². The Labute approximate surface area is 149 Å². The molecular weight excluding hydrogens is 302 g/mol. The van der Waals surface area contributed by atoms with Crippen LogP contribution in [0.3, 0.4) is 0 Å². The van der Waals surface area contributed by atoms with Crippen molar-refractivity contribution in [1.29, 1.82) is 0 Å². The molecule has 0 atom stereocenters. The number of aromatic nitrogens is 1. The number of hydrogen-bond acceptors (Lipinski definition) is 1. The first kappa shape index (κ1) is 15.6. The van der Waals surface area contributed by atoms with Crippen LogP contribution >= 0.6 is 0 Å². The van der Waals surface area contributed by atoms with Crippen LogP contribution in [0.2, 0.25) is 0 Å². The zero-order valence-corrected chi connectivity index (χ0v) is 14.4. The summed E-state index contributed by atoms with van der Waals surface area (Å²) in [5.41, 5.74) is 5.88. The van der Waals surface area contributed by atoms with Crippen molar-refractivity contribution in [2.24, 2.45) is 0 Å². The van der Waals surface area contributed by atoms with Crippen molar-refractivity contribution in [3.05, 3.63) is 90.6 Å². The van der Waals surface area contributed by atoms with E-state index >= 15 is 0 Å². The van der Waals surface area contributed by atoms with Gasteiger partial charge in [0.1, 0.15) is 0 Å². The van der Waals surface area contributed by atoms with Crippen LogP contribution in [-0.2, 0) is 6.42 Å². The smallest absolute Gasteiger partial charge is 0.0790 e. The summed E-state index contributed by atoms with van der Waals surface area (Å²) in [7, 11) is 0. The van der Waals surface area contributed by atoms with Gasteiger partial charge in [0.05, 0.1) is 5.69 Å². The van der Waals surface area contributed by atoms with Crippen LogP contribution in [0.15, 0.2) is 84.9 Å². The van der Waals surface area contributed by atoms with Gasteiger partial charge in [-0.1, -0.05) is 98.3 Å². The van der Waals surface area contributed by atoms with Crippen LogP contribution < -0.4 is 0 Å². The molecule has 1 heteroatoms. The van der Waals surface area contributed by atoms with E-state index in [0.717, 1.165) is 18.5 Å². The molecule has 122 valence electrons. The van der Waals surface area contributed by atoms with Crippen molar-refractivity contribution < 1.29 is 0 Å². The molecule has 4 aromatic rings. The Morgan fingerprint density at radius 1 is 0.640 bits per heavy atom. The molecule has 0 saturated carbocycles. The van der Waals surface area contributed by atoms with Crippen LogP contribution in [0.1, 0.15) is 19.0 Å². The van der Waals surface area contributed by atoms with Crippen LogP contribution in [0, 0.1) is 0 Å². The Hall–Kier alpha value is -2.93. The molecule has 0 amide bonds. The van der Waals surface area contributed by atoms with E-state index in [0.29, 0.717) is 0 Å². The van der Waals surface area contributed by atoms with Crippen LogP contribution in [0.5, 0.6) is 0 Å². The fraction of sp³-hybridized carbons (Fsp3) is 0.125. The Bertz CT molecular complexity index is 988. The molecule has 0 aliphatic carbocycles. The minimum absolute atomic E-state index is 0.995. The van der Waals surface area contributed by atoms with Gasteiger partial charge in [0.15, 0.2) is 0 Å². The quantitative estimate of drug-likeness (QED) is 0.416. The summed E-state index contributed by atoms with van der Waals surface area (Å²) in [6.45, 7) is 2.21. The van der Waals surface area contributed by atoms with Crippen molar-refractivity contribution >= 4 is 10.8 Å². The fourth-order valence-corrected chi connectivity index (χ4v) is 3.46. The largest absolute Gasteiger partial charge is 0.252 e. The van der Waals surface area contributed by atoms with E-state index in [1.54, 1.807) is 0 Å². The Balaban J connectivity index is 2.11. The average Bonchev–Trinajstić information content (AvgIpc) is 2.69. The average molecular weight is 323 g/mol. The summed E-state index contributed by atoms with van der Waals surface area (Å²) < 4.78 is 0. The van der Waals surface area contributed by atoms with E-state index in [4.69, 9.17) is 4.98 Å². The zero-order chi connectivity index (χ0) is 17.1. The topological polar surface area (TPSA) is 12.9 Å². The van der Waals surface area contributed by atoms with E-state index in [9.17, 15) is 0 Å². The summed E-state index contributed by atoms with van der Waals surface area (Å²) in [4.78, 5) is 5.14. The number of rotatable bonds is 4. The monoisotopic (exact) mass is 323 g/mol. The third kappa shape index (κ3) is 2.94. The summed E-state index contributed by atoms with van der Waals surface area (Å²) in [5, 5.41) is 2.55. The van der Waals surface area contributed by atoms with E-state index in [2.05, 4.69) is 91.9 Å². The molecule has 0 N–H and O–H groups in total. The number of pyridine rings is 1. The van der Waals surface area contributed by atoms with Crippen LogP contribution in [0.4, 0.5) is 0 Å². The van der Waals surface area contributed by atoms with Crippen molar-refractivity contribution in [2.45, 2.75) is 19.8 Å². The number of benzene rings is 3. The maximum absolute atomic E-state index is 5.14. The van der Waals surface area contributed by atoms with Gasteiger partial charge in [-0.05, 0) is 17.4 Å². The van der Waals surface area contributed by atoms with E-state index in [-0.39, 0.29) is 0 Å². The van der Waals surface area contributed by atoms with Crippen molar-refractivity contribution in [2.75, 3.05) is 0 Å². The Morgan fingerprint density at radius 2 is 1.20 bits per heavy atom. The SMILES string of the molecule is CCCc1nc(-c2ccccc2)c(-c2ccccc2)c2ccccc12. The van der Waals surface area contributed by atoms with E-state index in [1.165, 1.54) is 33.2 Å². The van der Waals surface area contributed by atoms with Gasteiger partial charge in [-0.15, -0.1) is 0 Å². The molecule has 0 unspecified atom stereocenters. The molecule has 1 nitrogen and oxygen atoms in total. The molecule has 25 heavy (non-hydrogen) atoms. The third-order valence-electron chi connectivity index (χ3n) is 4.59. The molecule has 4 rings (SSSR count). The summed E-state index contributed by atoms with van der Waals surface area (Å²) in [6, 6.07) is 29.8. The Morgan fingerprint density at radius 3 is 1.84 bits per heavy atom. The number of nitrogens with zero attached hydrogens (tertiary/aromatic N) is 1. The van der Waals surface area contributed by atoms with Crippen molar-refractivity contribution in [3.8, 4) is 22.4 Å². The van der Waals surface area contributed by atoms with Gasteiger partial charge >= 0.3 is 0 Å². The summed E-state index contributed by atoms with van der Waals surface area (Å²) in [5.74, 6) is 0. The molecule has 0 radical (unpaired) electrons. The number of aryl methyl sites for hydroxylation is 1. The summed E-state index contributed by atoms with van der Waals surface area (Å²) >= 11 is 0. The van der Waals surface area contributed by atoms with Crippen molar-refractivity contribution in [1.82, 2.24) is 4.98 Å². The van der Waals surface area contributed by atoms with Gasteiger partial charge in [-0.2, -0.15) is 0 Å². The second-order valence-corrected chi connectivity index (χ2v) is 6.31. The predicted molar refractivity (Wildman–Crippen MR) is 107 cm³/mol. The predicted octanol–water partition coefficient (Wildman–Crippen LogP) is 6.52. The lowest BCUT2D eigenvalue weighted by molar-refractivity contribution is 0.895. The first-order valence-electron chi connectivity index (χ1n) is 8.91. The normalized spacial score (nSPS) is 10.9. The highest BCUT2D eigenvalue weighted by molar-refractivity contribution is 6.03. The second kappa shape index (κ2) is 6.90. The van der Waals surface area contributed by atoms with Gasteiger partial charge < -0.3 is 0 Å². The lowest BCUT2D eigenvalue weighted by Gasteiger charge is -2.16. The molecule has 1 aromatic heterocycles. The minimum Gasteiger partial charge on any atom is -0.252 e. The highest BCUT2D eigenvalue weighted by atomic mass is 14.7. The molecule has 0 aliphatic heterocycles. The lowest BCUT2D eigenvalue weighted by Crippen LogP contribution is -1.98. The molecule has 0 bridgehead atoms. The van der Waals surface area contributed by atoms with Gasteiger partial charge in [0.25, 0.3) is 0 Å². The van der Waals surface area contributed by atoms with E-state index in [1.807, 2.05) is 0 Å². The molecule has 3 aromatic carbocycles. The highest BCUT2D eigenvalue weighted by Crippen LogP contribution is 2.38. The van der Waals surface area contributed by atoms with Crippen molar-refractivity contribution in [3.63, 3.8) is 0 Å². The maximum Gasteiger partial charge on any atom is 0.0790 e. The molecule has 0 fully saturated rings. The molecule has 1 heterocycles. The second-order valence-electron chi connectivity index (χ2n) is 6.31. The summed E-state index contributed by atoms with van der Waals surface area (Å²) in [6.07, 6.45) is 2.09. The van der Waals surface area contributed by atoms with Gasteiger partial charge in [-0.25, -0.2) is 0 Å². The van der Waals surface area contributed by atoms with Crippen LogP contribution in [-0.4, -0.2) is 4.98 Å². The van der Waals surface area contributed by atoms with Gasteiger partial charge in [0, 0.05) is 22.2 Å². The molecule has 0 spiro atoms. The first-order valence-corrected chi connectivity index (χ1v) is 8.91. The molecular formula is C24H21N. The molecule has 0 saturated heterocycles. The van der Waals surface area contributed by atoms with Gasteiger partial charge in [0.2, 0.25) is 0 Å². The fourth-order valence-electron chi connectivity index (χ4n) is 3.46. The molecule has 0 aliphatic rings. The number of hydrogen-bond donors (Lipinski definition) is 0. The number of fused-ring (bicyclic) bond motifs is 1. The lowest BCUT2D eigenvalue weighted by atomic mass is 9.92.